The number of carboxylic acid groups (broad SMARTS) is 1. The van der Waals surface area contributed by atoms with Crippen LogP contribution >= 0.6 is 0 Å². The van der Waals surface area contributed by atoms with Crippen molar-refractivity contribution in [2.24, 2.45) is 0 Å². The van der Waals surface area contributed by atoms with E-state index in [2.05, 4.69) is 6.07 Å². The summed E-state index contributed by atoms with van der Waals surface area (Å²) in [6.45, 7) is 0.534. The smallest absolute Gasteiger partial charge is 0.320 e. The molecule has 214 valence electrons. The van der Waals surface area contributed by atoms with E-state index in [1.807, 2.05) is 17.0 Å². The maximum absolute atomic E-state index is 14.5. The molecule has 4 aromatic rings. The van der Waals surface area contributed by atoms with Crippen molar-refractivity contribution in [1.29, 1.82) is 5.26 Å². The topological polar surface area (TPSA) is 82.8 Å². The first kappa shape index (κ1) is 28.8. The predicted molar refractivity (Wildman–Crippen MR) is 154 cm³/mol. The van der Waals surface area contributed by atoms with E-state index in [1.165, 1.54) is 6.07 Å². The minimum atomic E-state index is -0.843. The quantitative estimate of drug-likeness (QED) is 0.209. The summed E-state index contributed by atoms with van der Waals surface area (Å²) < 4.78 is 41.0. The molecule has 0 radical (unpaired) electrons. The van der Waals surface area contributed by atoms with Gasteiger partial charge in [0.2, 0.25) is 0 Å². The second-order valence-electron chi connectivity index (χ2n) is 10.2. The van der Waals surface area contributed by atoms with Gasteiger partial charge in [0, 0.05) is 23.7 Å². The van der Waals surface area contributed by atoms with Crippen LogP contribution < -0.4 is 9.47 Å². The van der Waals surface area contributed by atoms with E-state index in [9.17, 15) is 23.9 Å². The third kappa shape index (κ3) is 6.59. The van der Waals surface area contributed by atoms with Gasteiger partial charge >= 0.3 is 5.97 Å². The van der Waals surface area contributed by atoms with Crippen LogP contribution in [0.5, 0.6) is 11.5 Å². The SMILES string of the molecule is N#Cc1cccc(COc2cc(OCc3cccc(-c4ccccc4F)c3CF)ccc2CN2CCC[C@H]2C(=O)O)c1. The van der Waals surface area contributed by atoms with Crippen molar-refractivity contribution in [3.8, 4) is 28.7 Å². The summed E-state index contributed by atoms with van der Waals surface area (Å²) in [6, 6.07) is 25.5. The van der Waals surface area contributed by atoms with Crippen molar-refractivity contribution in [2.75, 3.05) is 6.54 Å². The van der Waals surface area contributed by atoms with Crippen LogP contribution in [0.1, 0.15) is 40.7 Å². The normalized spacial score (nSPS) is 14.8. The number of nitriles is 1. The second-order valence-corrected chi connectivity index (χ2v) is 10.2. The predicted octanol–water partition coefficient (Wildman–Crippen LogP) is 7.04. The first-order valence-corrected chi connectivity index (χ1v) is 13.7. The average molecular weight is 569 g/mol. The van der Waals surface area contributed by atoms with Gasteiger partial charge in [-0.3, -0.25) is 9.69 Å². The number of hydrogen-bond acceptors (Lipinski definition) is 5. The lowest BCUT2D eigenvalue weighted by Gasteiger charge is -2.23. The molecule has 1 heterocycles. The zero-order valence-corrected chi connectivity index (χ0v) is 22.9. The Labute approximate surface area is 243 Å². The number of carbonyl (C=O) groups is 1. The van der Waals surface area contributed by atoms with Gasteiger partial charge in [0.05, 0.1) is 11.6 Å². The van der Waals surface area contributed by atoms with Crippen LogP contribution in [0.25, 0.3) is 11.1 Å². The van der Waals surface area contributed by atoms with E-state index in [0.29, 0.717) is 58.8 Å². The zero-order chi connectivity index (χ0) is 29.5. The first-order valence-electron chi connectivity index (χ1n) is 13.7. The minimum Gasteiger partial charge on any atom is -0.489 e. The fourth-order valence-electron chi connectivity index (χ4n) is 5.32. The summed E-state index contributed by atoms with van der Waals surface area (Å²) in [5.41, 5.74) is 3.91. The monoisotopic (exact) mass is 568 g/mol. The van der Waals surface area contributed by atoms with Crippen molar-refractivity contribution in [1.82, 2.24) is 4.90 Å². The number of carboxylic acids is 1. The third-order valence-electron chi connectivity index (χ3n) is 7.48. The van der Waals surface area contributed by atoms with Crippen LogP contribution in [0.3, 0.4) is 0 Å². The number of likely N-dealkylation sites (tertiary alicyclic amines) is 1. The highest BCUT2D eigenvalue weighted by Crippen LogP contribution is 2.32. The van der Waals surface area contributed by atoms with Gasteiger partial charge in [-0.05, 0) is 65.9 Å². The van der Waals surface area contributed by atoms with E-state index >= 15 is 0 Å². The molecule has 1 fully saturated rings. The van der Waals surface area contributed by atoms with Gasteiger partial charge in [0.1, 0.15) is 43.2 Å². The minimum absolute atomic E-state index is 0.0533. The van der Waals surface area contributed by atoms with Gasteiger partial charge in [-0.1, -0.05) is 54.6 Å². The van der Waals surface area contributed by atoms with E-state index in [4.69, 9.17) is 9.47 Å². The van der Waals surface area contributed by atoms with E-state index < -0.39 is 24.5 Å². The summed E-state index contributed by atoms with van der Waals surface area (Å²) >= 11 is 0. The summed E-state index contributed by atoms with van der Waals surface area (Å²) in [7, 11) is 0. The molecule has 5 rings (SSSR count). The lowest BCUT2D eigenvalue weighted by molar-refractivity contribution is -0.142. The maximum Gasteiger partial charge on any atom is 0.320 e. The fourth-order valence-corrected chi connectivity index (χ4v) is 5.32. The molecule has 0 spiro atoms. The van der Waals surface area contributed by atoms with Gasteiger partial charge in [-0.2, -0.15) is 5.26 Å². The molecule has 0 unspecified atom stereocenters. The van der Waals surface area contributed by atoms with Gasteiger partial charge in [0.25, 0.3) is 0 Å². The molecule has 1 saturated heterocycles. The third-order valence-corrected chi connectivity index (χ3v) is 7.48. The molecule has 1 aliphatic heterocycles. The Morgan fingerprint density at radius 1 is 0.952 bits per heavy atom. The lowest BCUT2D eigenvalue weighted by Crippen LogP contribution is -2.35. The number of aliphatic carboxylic acids is 1. The van der Waals surface area contributed by atoms with Crippen LogP contribution in [-0.2, 0) is 31.2 Å². The first-order chi connectivity index (χ1) is 20.5. The van der Waals surface area contributed by atoms with E-state index in [1.54, 1.807) is 66.7 Å². The highest BCUT2D eigenvalue weighted by Gasteiger charge is 2.31. The Hall–Kier alpha value is -4.74. The standard InChI is InChI=1S/C34H30F2N2O4/c35-18-30-26(8-4-10-28(30)29-9-1-2-11-31(29)36)22-41-27-14-13-25(20-38-15-5-12-32(38)34(39)40)33(17-27)42-21-24-7-3-6-23(16-24)19-37/h1-4,6-11,13-14,16-17,32H,5,12,15,18,20-22H2,(H,39,40)/t32-/m0/s1. The van der Waals surface area contributed by atoms with Crippen molar-refractivity contribution >= 4 is 5.97 Å². The van der Waals surface area contributed by atoms with Crippen molar-refractivity contribution < 1.29 is 28.2 Å². The van der Waals surface area contributed by atoms with E-state index in [0.717, 1.165) is 17.5 Å². The van der Waals surface area contributed by atoms with Crippen LogP contribution in [0.15, 0.2) is 84.9 Å². The highest BCUT2D eigenvalue weighted by atomic mass is 19.1. The summed E-state index contributed by atoms with van der Waals surface area (Å²) in [4.78, 5) is 13.7. The Morgan fingerprint density at radius 3 is 2.55 bits per heavy atom. The molecular formula is C34H30F2N2O4. The van der Waals surface area contributed by atoms with Gasteiger partial charge in [-0.15, -0.1) is 0 Å². The fraction of sp³-hybridized carbons (Fsp3) is 0.235. The largest absolute Gasteiger partial charge is 0.489 e. The van der Waals surface area contributed by atoms with E-state index in [-0.39, 0.29) is 13.2 Å². The number of benzene rings is 4. The number of ether oxygens (including phenoxy) is 2. The van der Waals surface area contributed by atoms with Crippen LogP contribution in [0, 0.1) is 17.1 Å². The molecule has 0 aliphatic carbocycles. The number of halogens is 2. The molecule has 42 heavy (non-hydrogen) atoms. The van der Waals surface area contributed by atoms with Gasteiger partial charge < -0.3 is 14.6 Å². The average Bonchev–Trinajstić information content (AvgIpc) is 3.48. The van der Waals surface area contributed by atoms with Gasteiger partial charge in [-0.25, -0.2) is 8.78 Å². The molecule has 0 amide bonds. The molecule has 0 bridgehead atoms. The Kier molecular flexibility index (Phi) is 9.10. The highest BCUT2D eigenvalue weighted by molar-refractivity contribution is 5.73. The number of rotatable bonds is 11. The maximum atomic E-state index is 14.5. The molecule has 1 atom stereocenters. The van der Waals surface area contributed by atoms with Crippen molar-refractivity contribution in [2.45, 2.75) is 45.3 Å². The lowest BCUT2D eigenvalue weighted by atomic mass is 9.96. The molecule has 0 saturated carbocycles. The summed E-state index contributed by atoms with van der Waals surface area (Å²) in [5, 5.41) is 18.9. The summed E-state index contributed by atoms with van der Waals surface area (Å²) in [5.74, 6) is -0.260. The van der Waals surface area contributed by atoms with Crippen LogP contribution in [-0.4, -0.2) is 28.6 Å². The van der Waals surface area contributed by atoms with Gasteiger partial charge in [0.15, 0.2) is 0 Å². The van der Waals surface area contributed by atoms with Crippen molar-refractivity contribution in [3.05, 3.63) is 119 Å². The summed E-state index contributed by atoms with van der Waals surface area (Å²) in [6.07, 6.45) is 1.40. The zero-order valence-electron chi connectivity index (χ0n) is 22.9. The van der Waals surface area contributed by atoms with Crippen LogP contribution in [0.2, 0.25) is 0 Å². The number of hydrogen-bond donors (Lipinski definition) is 1. The van der Waals surface area contributed by atoms with Crippen LogP contribution in [0.4, 0.5) is 8.78 Å². The molecule has 1 N–H and O–H groups in total. The Balaban J connectivity index is 1.39. The molecule has 6 nitrogen and oxygen atoms in total. The Bertz CT molecular complexity index is 1620. The number of nitrogens with zero attached hydrogens (tertiary/aromatic N) is 2. The van der Waals surface area contributed by atoms with Crippen molar-refractivity contribution in [3.63, 3.8) is 0 Å². The molecule has 1 aliphatic rings. The molecule has 0 aromatic heterocycles. The molecule has 4 aromatic carbocycles. The molecular weight excluding hydrogens is 538 g/mol. The Morgan fingerprint density at radius 2 is 1.76 bits per heavy atom. The molecule has 8 heteroatoms. The number of alkyl halides is 1. The second kappa shape index (κ2) is 13.3.